The summed E-state index contributed by atoms with van der Waals surface area (Å²) in [5.74, 6) is -0.125. The van der Waals surface area contributed by atoms with Gasteiger partial charge in [0.2, 0.25) is 0 Å². The van der Waals surface area contributed by atoms with Crippen molar-refractivity contribution in [3.8, 4) is 17.0 Å². The van der Waals surface area contributed by atoms with Crippen LogP contribution in [0.5, 0.6) is 5.75 Å². The van der Waals surface area contributed by atoms with E-state index in [1.807, 2.05) is 24.3 Å². The highest BCUT2D eigenvalue weighted by Crippen LogP contribution is 2.33. The molecule has 9 heteroatoms. The Morgan fingerprint density at radius 2 is 1.81 bits per heavy atom. The third-order valence-electron chi connectivity index (χ3n) is 6.06. The quantitative estimate of drug-likeness (QED) is 0.296. The van der Waals surface area contributed by atoms with Crippen molar-refractivity contribution in [1.29, 1.82) is 0 Å². The Morgan fingerprint density at radius 1 is 1.08 bits per heavy atom. The van der Waals surface area contributed by atoms with E-state index < -0.39 is 9.84 Å². The molecule has 0 fully saturated rings. The predicted octanol–water partition coefficient (Wildman–Crippen LogP) is 4.94. The van der Waals surface area contributed by atoms with Crippen molar-refractivity contribution in [2.75, 3.05) is 11.6 Å². The van der Waals surface area contributed by atoms with Gasteiger partial charge in [-0.25, -0.2) is 17.9 Å². The number of amides is 1. The Morgan fingerprint density at radius 3 is 2.47 bits per heavy atom. The minimum atomic E-state index is -3.60. The third-order valence-corrected chi connectivity index (χ3v) is 7.19. The SMILES string of the molecule is C/C=C(\C(=O)Nc1ccc(-c2[nH]n3c(nc4ccccc43)c2S(C)(=O)=O)cc1)c1ccc(O)c(C)c1. The number of hydrogen-bond donors (Lipinski definition) is 3. The van der Waals surface area contributed by atoms with E-state index in [1.54, 1.807) is 66.9 Å². The molecule has 0 bridgehead atoms. The molecule has 0 radical (unpaired) electrons. The molecular formula is C27H24N4O4S. The van der Waals surface area contributed by atoms with Crippen LogP contribution < -0.4 is 5.32 Å². The first kappa shape index (κ1) is 23.4. The number of allylic oxidation sites excluding steroid dienone is 1. The van der Waals surface area contributed by atoms with Crippen LogP contribution in [0.1, 0.15) is 18.1 Å². The molecule has 0 aliphatic heterocycles. The second-order valence-electron chi connectivity index (χ2n) is 8.58. The number of aryl methyl sites for hydroxylation is 1. The number of para-hydroxylation sites is 2. The Balaban J connectivity index is 1.48. The number of hydrogen-bond acceptors (Lipinski definition) is 5. The van der Waals surface area contributed by atoms with Gasteiger partial charge >= 0.3 is 0 Å². The fourth-order valence-electron chi connectivity index (χ4n) is 4.28. The molecule has 8 nitrogen and oxygen atoms in total. The molecule has 5 rings (SSSR count). The zero-order valence-electron chi connectivity index (χ0n) is 19.9. The molecule has 0 aliphatic carbocycles. The number of phenolic OH excluding ortho intramolecular Hbond substituents is 1. The number of imidazole rings is 1. The van der Waals surface area contributed by atoms with E-state index in [9.17, 15) is 18.3 Å². The molecule has 0 saturated carbocycles. The number of sulfone groups is 1. The van der Waals surface area contributed by atoms with Crippen molar-refractivity contribution in [3.05, 3.63) is 83.9 Å². The van der Waals surface area contributed by atoms with Gasteiger partial charge in [0.1, 0.15) is 10.6 Å². The Bertz CT molecular complexity index is 1780. The van der Waals surface area contributed by atoms with Gasteiger partial charge in [-0.2, -0.15) is 0 Å². The van der Waals surface area contributed by atoms with Crippen LogP contribution in [0, 0.1) is 6.92 Å². The predicted molar refractivity (Wildman–Crippen MR) is 141 cm³/mol. The summed E-state index contributed by atoms with van der Waals surface area (Å²) in [5, 5.41) is 15.8. The van der Waals surface area contributed by atoms with Crippen molar-refractivity contribution >= 4 is 43.7 Å². The van der Waals surface area contributed by atoms with E-state index in [2.05, 4.69) is 15.4 Å². The van der Waals surface area contributed by atoms with Gasteiger partial charge in [0, 0.05) is 23.1 Å². The number of aromatic nitrogens is 3. The number of rotatable bonds is 5. The average Bonchev–Trinajstić information content (AvgIpc) is 3.38. The maximum absolute atomic E-state index is 12.9. The van der Waals surface area contributed by atoms with Gasteiger partial charge < -0.3 is 10.4 Å². The summed E-state index contributed by atoms with van der Waals surface area (Å²) in [7, 11) is -3.60. The number of carbonyl (C=O) groups excluding carboxylic acids is 1. The largest absolute Gasteiger partial charge is 0.508 e. The highest BCUT2D eigenvalue weighted by atomic mass is 32.2. The topological polar surface area (TPSA) is 117 Å². The van der Waals surface area contributed by atoms with Crippen LogP contribution in [0.2, 0.25) is 0 Å². The standard InChI is InChI=1S/C27H24N4O4S/c1-4-20(18-11-14-23(32)16(2)15-18)27(33)28-19-12-9-17(10-13-19)24-25(36(3,34)35)26-29-21-7-5-6-8-22(21)31(26)30-24/h4-15,30,32H,1-3H3,(H,28,33)/b20-4-. The molecule has 3 aromatic carbocycles. The molecule has 0 saturated heterocycles. The monoisotopic (exact) mass is 500 g/mol. The lowest BCUT2D eigenvalue weighted by atomic mass is 10.0. The van der Waals surface area contributed by atoms with Gasteiger partial charge in [-0.1, -0.05) is 36.4 Å². The van der Waals surface area contributed by atoms with Crippen LogP contribution in [-0.2, 0) is 14.6 Å². The Kier molecular flexibility index (Phi) is 5.64. The Hall–Kier alpha value is -4.37. The van der Waals surface area contributed by atoms with Crippen LogP contribution in [0.3, 0.4) is 0 Å². The fraction of sp³-hybridized carbons (Fsp3) is 0.111. The van der Waals surface area contributed by atoms with E-state index in [0.717, 1.165) is 11.8 Å². The first-order valence-corrected chi connectivity index (χ1v) is 13.1. The van der Waals surface area contributed by atoms with Crippen LogP contribution >= 0.6 is 0 Å². The Labute approximate surface area is 207 Å². The molecule has 182 valence electrons. The highest BCUT2D eigenvalue weighted by Gasteiger charge is 2.25. The number of carbonyl (C=O) groups is 1. The van der Waals surface area contributed by atoms with Gasteiger partial charge in [0.25, 0.3) is 5.91 Å². The lowest BCUT2D eigenvalue weighted by molar-refractivity contribution is -0.111. The zero-order chi connectivity index (χ0) is 25.6. The van der Waals surface area contributed by atoms with Crippen LogP contribution in [0.25, 0.3) is 33.5 Å². The van der Waals surface area contributed by atoms with Crippen LogP contribution in [0.15, 0.2) is 77.7 Å². The third kappa shape index (κ3) is 4.03. The zero-order valence-corrected chi connectivity index (χ0v) is 20.7. The fourth-order valence-corrected chi connectivity index (χ4v) is 5.29. The lowest BCUT2D eigenvalue weighted by Crippen LogP contribution is -2.13. The van der Waals surface area contributed by atoms with Crippen molar-refractivity contribution < 1.29 is 18.3 Å². The number of fused-ring (bicyclic) bond motifs is 3. The molecule has 5 aromatic rings. The number of benzene rings is 3. The van der Waals surface area contributed by atoms with Crippen LogP contribution in [-0.4, -0.2) is 40.3 Å². The number of aromatic amines is 1. The van der Waals surface area contributed by atoms with Crippen LogP contribution in [0.4, 0.5) is 5.69 Å². The molecular weight excluding hydrogens is 476 g/mol. The number of nitrogens with zero attached hydrogens (tertiary/aromatic N) is 2. The van der Waals surface area contributed by atoms with Gasteiger partial charge in [0.15, 0.2) is 15.5 Å². The van der Waals surface area contributed by atoms with E-state index in [1.165, 1.54) is 0 Å². The number of aromatic hydroxyl groups is 1. The number of nitrogens with one attached hydrogen (secondary N) is 2. The van der Waals surface area contributed by atoms with Gasteiger partial charge in [-0.15, -0.1) is 0 Å². The number of H-pyrrole nitrogens is 1. The summed E-state index contributed by atoms with van der Waals surface area (Å²) in [5.41, 5.74) is 5.28. The molecule has 2 aromatic heterocycles. The summed E-state index contributed by atoms with van der Waals surface area (Å²) in [6, 6.07) is 19.4. The smallest absolute Gasteiger partial charge is 0.255 e. The second-order valence-corrected chi connectivity index (χ2v) is 10.5. The summed E-state index contributed by atoms with van der Waals surface area (Å²) in [6.45, 7) is 3.55. The summed E-state index contributed by atoms with van der Waals surface area (Å²) in [6.07, 6.45) is 2.88. The first-order valence-electron chi connectivity index (χ1n) is 11.2. The van der Waals surface area contributed by atoms with E-state index in [0.29, 0.717) is 44.8 Å². The molecule has 0 atom stereocenters. The number of anilines is 1. The lowest BCUT2D eigenvalue weighted by Gasteiger charge is -2.11. The molecule has 1 amide bonds. The van der Waals surface area contributed by atoms with E-state index in [4.69, 9.17) is 0 Å². The van der Waals surface area contributed by atoms with E-state index in [-0.39, 0.29) is 16.6 Å². The molecule has 36 heavy (non-hydrogen) atoms. The van der Waals surface area contributed by atoms with Crippen molar-refractivity contribution in [1.82, 2.24) is 14.6 Å². The second kappa shape index (κ2) is 8.69. The maximum Gasteiger partial charge on any atom is 0.255 e. The van der Waals surface area contributed by atoms with Crippen molar-refractivity contribution in [2.24, 2.45) is 0 Å². The molecule has 0 unspecified atom stereocenters. The summed E-state index contributed by atoms with van der Waals surface area (Å²) < 4.78 is 27.1. The summed E-state index contributed by atoms with van der Waals surface area (Å²) in [4.78, 5) is 17.6. The molecule has 3 N–H and O–H groups in total. The molecule has 0 aliphatic rings. The highest BCUT2D eigenvalue weighted by molar-refractivity contribution is 7.91. The van der Waals surface area contributed by atoms with Gasteiger partial charge in [-0.05, 0) is 61.4 Å². The molecule has 2 heterocycles. The molecule has 0 spiro atoms. The minimum absolute atomic E-state index is 0.120. The summed E-state index contributed by atoms with van der Waals surface area (Å²) >= 11 is 0. The van der Waals surface area contributed by atoms with E-state index >= 15 is 0 Å². The maximum atomic E-state index is 12.9. The minimum Gasteiger partial charge on any atom is -0.508 e. The normalized spacial score (nSPS) is 12.4. The number of phenols is 1. The van der Waals surface area contributed by atoms with Crippen molar-refractivity contribution in [3.63, 3.8) is 0 Å². The van der Waals surface area contributed by atoms with Crippen molar-refractivity contribution in [2.45, 2.75) is 18.7 Å². The van der Waals surface area contributed by atoms with Gasteiger partial charge in [0.05, 0.1) is 16.7 Å². The average molecular weight is 501 g/mol. The first-order chi connectivity index (χ1) is 17.2. The van der Waals surface area contributed by atoms with Gasteiger partial charge in [-0.3, -0.25) is 9.89 Å².